The van der Waals surface area contributed by atoms with E-state index in [0.29, 0.717) is 28.1 Å². The first-order valence-electron chi connectivity index (χ1n) is 43.1. The van der Waals surface area contributed by atoms with Crippen LogP contribution in [0.2, 0.25) is 0 Å². The average molecular weight is 2150 g/mol. The van der Waals surface area contributed by atoms with Crippen molar-refractivity contribution in [1.29, 1.82) is 10.5 Å². The number of para-hydroxylation sites is 18. The highest BCUT2D eigenvalue weighted by Gasteiger charge is 2.26. The Bertz CT molecular complexity index is 9980. The van der Waals surface area contributed by atoms with Crippen LogP contribution >= 0.6 is 83.7 Å². The Kier molecular flexibility index (Phi) is 19.6. The van der Waals surface area contributed by atoms with Crippen LogP contribution in [0.15, 0.2) is 375 Å². The molecule has 0 spiro atoms. The van der Waals surface area contributed by atoms with Crippen molar-refractivity contribution in [3.05, 3.63) is 396 Å². The topological polar surface area (TPSA) is 246 Å². The van der Waals surface area contributed by atoms with E-state index in [1.807, 2.05) is 215 Å². The number of benzene rings is 16. The van der Waals surface area contributed by atoms with Crippen LogP contribution in [0.25, 0.3) is 201 Å². The molecule has 0 amide bonds. The largest absolute Gasteiger partial charge is 0.488 e. The van der Waals surface area contributed by atoms with Gasteiger partial charge in [-0.1, -0.05) is 149 Å². The van der Waals surface area contributed by atoms with Crippen LogP contribution < -0.4 is 5.46 Å². The summed E-state index contributed by atoms with van der Waals surface area (Å²) >= 11 is 10.7. The van der Waals surface area contributed by atoms with Gasteiger partial charge in [0.1, 0.15) is 0 Å². The van der Waals surface area contributed by atoms with Gasteiger partial charge in [0.25, 0.3) is 0 Å². The third-order valence-electron chi connectivity index (χ3n) is 24.6. The van der Waals surface area contributed by atoms with Crippen LogP contribution in [0, 0.1) is 33.4 Å². The highest BCUT2D eigenvalue weighted by molar-refractivity contribution is 14.1. The zero-order chi connectivity index (χ0) is 90.5. The van der Waals surface area contributed by atoms with Crippen molar-refractivity contribution in [2.45, 2.75) is 0 Å². The van der Waals surface area contributed by atoms with Crippen molar-refractivity contribution < 1.29 is 10.0 Å². The molecule has 0 unspecified atom stereocenters. The average Bonchev–Trinajstić information content (AvgIpc) is 1.57. The fourth-order valence-electron chi connectivity index (χ4n) is 18.7. The van der Waals surface area contributed by atoms with Gasteiger partial charge in [0, 0.05) is 15.2 Å². The van der Waals surface area contributed by atoms with E-state index in [9.17, 15) is 20.6 Å². The van der Waals surface area contributed by atoms with Gasteiger partial charge >= 0.3 is 7.12 Å². The number of imidazole rings is 8. The minimum atomic E-state index is -1.53. The molecule has 0 radical (unpaired) electrons. The number of fused-ring (bicyclic) bond motifs is 36. The van der Waals surface area contributed by atoms with Gasteiger partial charge in [-0.2, -0.15) is 10.5 Å². The van der Waals surface area contributed by atoms with Crippen molar-refractivity contribution in [3.63, 3.8) is 0 Å². The molecule has 12 aromatic heterocycles. The lowest BCUT2D eigenvalue weighted by Gasteiger charge is -2.08. The fraction of sp³-hybridized carbons (Fsp3) is 0. The SMILES string of the molecule is Brc1cccc(-n2c3nc4ccccc4n3c3ccc(I)cc3n3c4ccccc4nc23)c1.N#Cc1ccc(-n2c3nc4ccccc4n3c3ccc(I)cc3n3c4ccccc4nc23)cc1.N#Cc1cccc(-n2c3nc4ccccc4n3c3ccc(I)cc3n3c4ccccc4nc23)c1.OB(O)c1ccc(-n2c3nc4ccccc4n3c3ccccc3n3c4ccccc4nc23)cc1. The monoisotopic (exact) mass is 2150 g/mol. The smallest absolute Gasteiger partial charge is 0.423 e. The van der Waals surface area contributed by atoms with Crippen LogP contribution in [-0.4, -0.2) is 111 Å². The molecule has 28 rings (SSSR count). The predicted molar refractivity (Wildman–Crippen MR) is 564 cm³/mol. The van der Waals surface area contributed by atoms with Gasteiger partial charge in [-0.25, -0.2) is 58.1 Å². The highest BCUT2D eigenvalue weighted by Crippen LogP contribution is 2.38. The molecular formula is C106H63BBrI3N22O2. The molecule has 135 heavy (non-hydrogen) atoms. The Labute approximate surface area is 812 Å². The van der Waals surface area contributed by atoms with E-state index in [4.69, 9.17) is 39.9 Å². The molecule has 12 heterocycles. The number of hydrogen-bond acceptors (Lipinski definition) is 12. The van der Waals surface area contributed by atoms with Gasteiger partial charge in [-0.3, -0.25) is 35.2 Å². The van der Waals surface area contributed by atoms with Crippen molar-refractivity contribution in [3.8, 4) is 34.9 Å². The zero-order valence-electron chi connectivity index (χ0n) is 70.5. The summed E-state index contributed by atoms with van der Waals surface area (Å²) in [4.78, 5) is 40.6. The van der Waals surface area contributed by atoms with Crippen molar-refractivity contribution in [2.75, 3.05) is 0 Å². The van der Waals surface area contributed by atoms with Gasteiger partial charge < -0.3 is 10.0 Å². The second kappa shape index (κ2) is 32.5. The van der Waals surface area contributed by atoms with Crippen LogP contribution in [0.5, 0.6) is 0 Å². The number of nitriles is 2. The van der Waals surface area contributed by atoms with E-state index in [1.54, 1.807) is 12.1 Å². The minimum Gasteiger partial charge on any atom is -0.423 e. The molecule has 640 valence electrons. The van der Waals surface area contributed by atoms with Crippen molar-refractivity contribution in [1.82, 2.24) is 93.3 Å². The van der Waals surface area contributed by atoms with E-state index in [-0.39, 0.29) is 0 Å². The maximum absolute atomic E-state index is 9.60. The van der Waals surface area contributed by atoms with E-state index in [2.05, 4.69) is 292 Å². The van der Waals surface area contributed by atoms with Crippen LogP contribution in [-0.2, 0) is 0 Å². The number of aromatic nitrogens is 20. The summed E-state index contributed by atoms with van der Waals surface area (Å²) in [6.45, 7) is 0. The van der Waals surface area contributed by atoms with E-state index < -0.39 is 7.12 Å². The molecule has 16 aromatic carbocycles. The van der Waals surface area contributed by atoms with E-state index in [0.717, 1.165) is 205 Å². The quantitative estimate of drug-likeness (QED) is 0.121. The van der Waals surface area contributed by atoms with Gasteiger partial charge in [0.05, 0.1) is 178 Å². The zero-order valence-corrected chi connectivity index (χ0v) is 78.6. The lowest BCUT2D eigenvalue weighted by molar-refractivity contribution is 0.426. The Morgan fingerprint density at radius 1 is 0.222 bits per heavy atom. The molecule has 0 aliphatic rings. The van der Waals surface area contributed by atoms with Crippen molar-refractivity contribution >= 4 is 275 Å². The first kappa shape index (κ1) is 81.1. The second-order valence-electron chi connectivity index (χ2n) is 32.4. The number of rotatable bonds is 5. The van der Waals surface area contributed by atoms with Crippen molar-refractivity contribution in [2.24, 2.45) is 0 Å². The predicted octanol–water partition coefficient (Wildman–Crippen LogP) is 23.2. The Morgan fingerprint density at radius 3 is 0.733 bits per heavy atom. The first-order valence-corrected chi connectivity index (χ1v) is 47.1. The lowest BCUT2D eigenvalue weighted by Crippen LogP contribution is -2.29. The highest BCUT2D eigenvalue weighted by atomic mass is 127. The first-order chi connectivity index (χ1) is 66.3. The van der Waals surface area contributed by atoms with Gasteiger partial charge in [-0.15, -0.1) is 0 Å². The minimum absolute atomic E-state index is 0.420. The number of hydrogen-bond donors (Lipinski definition) is 2. The van der Waals surface area contributed by atoms with Gasteiger partial charge in [-0.05, 0) is 310 Å². The molecule has 0 aliphatic heterocycles. The summed E-state index contributed by atoms with van der Waals surface area (Å²) in [5.74, 6) is 6.00. The summed E-state index contributed by atoms with van der Waals surface area (Å²) in [5.41, 5.74) is 28.8. The summed E-state index contributed by atoms with van der Waals surface area (Å²) in [6, 6.07) is 128. The molecule has 0 aliphatic carbocycles. The third kappa shape index (κ3) is 13.3. The van der Waals surface area contributed by atoms with Gasteiger partial charge in [0.15, 0.2) is 0 Å². The maximum atomic E-state index is 9.60. The Morgan fingerprint density at radius 2 is 0.459 bits per heavy atom. The van der Waals surface area contributed by atoms with E-state index >= 15 is 0 Å². The van der Waals surface area contributed by atoms with Crippen LogP contribution in [0.3, 0.4) is 0 Å². The van der Waals surface area contributed by atoms with E-state index in [1.165, 1.54) is 0 Å². The summed E-state index contributed by atoms with van der Waals surface area (Å²) in [6.07, 6.45) is 0. The maximum Gasteiger partial charge on any atom is 0.488 e. The molecule has 24 nitrogen and oxygen atoms in total. The Hall–Kier alpha value is -15.9. The molecule has 0 saturated heterocycles. The number of nitrogens with zero attached hydrogens (tertiary/aromatic N) is 22. The Balaban J connectivity index is 0.0000000960. The van der Waals surface area contributed by atoms with Crippen LogP contribution in [0.1, 0.15) is 11.1 Å². The van der Waals surface area contributed by atoms with Crippen LogP contribution in [0.4, 0.5) is 0 Å². The fourth-order valence-corrected chi connectivity index (χ4v) is 20.5. The lowest BCUT2D eigenvalue weighted by atomic mass is 9.80. The number of halogens is 4. The molecule has 0 atom stereocenters. The normalized spacial score (nSPS) is 11.8. The molecule has 0 saturated carbocycles. The molecule has 2 N–H and O–H groups in total. The molecule has 0 fully saturated rings. The molecule has 29 heteroatoms. The summed E-state index contributed by atoms with van der Waals surface area (Å²) in [5, 5.41) is 38.1. The summed E-state index contributed by atoms with van der Waals surface area (Å²) in [7, 11) is -1.53. The standard InChI is InChI=1S/2C27H15IN6.C26H18BN5O2.C26H15BrIN5/c28-18-12-13-24-25(15-18)34-23-11-4-2-9-21(23)31-27(34)32(19-7-5-6-17(14-19)16-29)26-30-20-8-1-3-10-22(20)33(24)26;28-18-11-14-24-25(15-18)34-23-8-4-2-6-21(23)31-27(34)32(19-12-9-17(16-29)10-13-19)26-30-20-5-1-3-7-22(20)33(24)26;33-27(34)17-13-15-18(16-14-17)30-25-28-19-7-1-3-9-21(19)31(25)23-11-5-6-12-24(23)32-22-10-4-2-8-20(22)29-26(30)32;27-16-6-5-7-18(14-16)31-25-29-19-8-1-3-10-21(19)32(25)23-13-12-17(28)15-24(23)33-22-11-4-2-9-20(22)30-26(31)33/h2*1-15H;1-16,33-34H;1-15H. The molecule has 0 bridgehead atoms. The molecule has 28 aromatic rings. The second-order valence-corrected chi connectivity index (χ2v) is 37.0. The summed E-state index contributed by atoms with van der Waals surface area (Å²) < 4.78 is 30.3. The molecular weight excluding hydrogens is 2080 g/mol. The third-order valence-corrected chi connectivity index (χ3v) is 27.1. The van der Waals surface area contributed by atoms with Gasteiger partial charge in [0.2, 0.25) is 46.2 Å².